The second kappa shape index (κ2) is 3.20. The summed E-state index contributed by atoms with van der Waals surface area (Å²) in [6.07, 6.45) is 0. The molecule has 18 heavy (non-hydrogen) atoms. The lowest BCUT2D eigenvalue weighted by molar-refractivity contribution is 1.24. The van der Waals surface area contributed by atoms with Gasteiger partial charge in [-0.15, -0.1) is 0 Å². The zero-order valence-corrected chi connectivity index (χ0v) is 9.40. The van der Waals surface area contributed by atoms with Gasteiger partial charge in [0.2, 0.25) is 5.56 Å². The molecule has 0 aliphatic carbocycles. The molecular weight excluding hydrogens is 226 g/mol. The number of nitrogens with zero attached hydrogens (tertiary/aromatic N) is 1. The van der Waals surface area contributed by atoms with Crippen LogP contribution in [-0.4, -0.2) is 15.0 Å². The molecule has 3 aromatic heterocycles. The second-order valence-corrected chi connectivity index (χ2v) is 4.32. The van der Waals surface area contributed by atoms with Gasteiger partial charge in [0, 0.05) is 27.7 Å². The monoisotopic (exact) mass is 235 g/mol. The lowest BCUT2D eigenvalue weighted by atomic mass is 10.1. The molecule has 4 aromatic rings. The van der Waals surface area contributed by atoms with Gasteiger partial charge in [0.1, 0.15) is 11.3 Å². The number of nitrogens with one attached hydrogen (secondary N) is 2. The molecule has 2 N–H and O–H groups in total. The molecule has 3 heterocycles. The number of fused-ring (bicyclic) bond motifs is 4. The highest BCUT2D eigenvalue weighted by atomic mass is 16.1. The normalized spacial score (nSPS) is 11.6. The van der Waals surface area contributed by atoms with E-state index in [0.29, 0.717) is 5.65 Å². The lowest BCUT2D eigenvalue weighted by Crippen LogP contribution is -2.03. The summed E-state index contributed by atoms with van der Waals surface area (Å²) in [6.45, 7) is 0. The van der Waals surface area contributed by atoms with E-state index in [0.717, 1.165) is 27.3 Å². The molecule has 4 rings (SSSR count). The van der Waals surface area contributed by atoms with Gasteiger partial charge >= 0.3 is 0 Å². The molecule has 0 radical (unpaired) electrons. The number of benzene rings is 1. The number of rotatable bonds is 0. The SMILES string of the molecule is O=c1ccc2cc3c(nc2[nH]1)[nH]c1ccccc13. The number of H-pyrrole nitrogens is 2. The van der Waals surface area contributed by atoms with E-state index in [2.05, 4.69) is 21.0 Å². The third-order valence-corrected chi connectivity index (χ3v) is 3.18. The van der Waals surface area contributed by atoms with Gasteiger partial charge in [0.25, 0.3) is 0 Å². The van der Waals surface area contributed by atoms with Crippen molar-refractivity contribution in [1.82, 2.24) is 15.0 Å². The van der Waals surface area contributed by atoms with Crippen molar-refractivity contribution >= 4 is 33.0 Å². The first-order chi connectivity index (χ1) is 8.81. The third kappa shape index (κ3) is 1.20. The van der Waals surface area contributed by atoms with Crippen LogP contribution in [0.2, 0.25) is 0 Å². The number of aromatic amines is 2. The molecule has 0 aliphatic rings. The summed E-state index contributed by atoms with van der Waals surface area (Å²) in [7, 11) is 0. The van der Waals surface area contributed by atoms with Crippen LogP contribution in [0, 0.1) is 0 Å². The summed E-state index contributed by atoms with van der Waals surface area (Å²) in [5.74, 6) is 0. The highest BCUT2D eigenvalue weighted by Crippen LogP contribution is 2.25. The van der Waals surface area contributed by atoms with Gasteiger partial charge in [-0.3, -0.25) is 4.79 Å². The number of pyridine rings is 2. The smallest absolute Gasteiger partial charge is 0.249 e. The maximum Gasteiger partial charge on any atom is 0.249 e. The Morgan fingerprint density at radius 2 is 1.78 bits per heavy atom. The first-order valence-electron chi connectivity index (χ1n) is 5.72. The minimum Gasteiger partial charge on any atom is -0.339 e. The molecular formula is C14H9N3O. The quantitative estimate of drug-likeness (QED) is 0.492. The molecule has 0 amide bonds. The molecule has 0 spiro atoms. The van der Waals surface area contributed by atoms with Gasteiger partial charge in [-0.05, 0) is 18.2 Å². The maximum absolute atomic E-state index is 11.3. The fourth-order valence-corrected chi connectivity index (χ4v) is 2.33. The molecule has 0 atom stereocenters. The first-order valence-corrected chi connectivity index (χ1v) is 5.72. The molecule has 0 saturated heterocycles. The summed E-state index contributed by atoms with van der Waals surface area (Å²) in [4.78, 5) is 21.7. The van der Waals surface area contributed by atoms with Crippen LogP contribution in [0.5, 0.6) is 0 Å². The molecule has 4 heteroatoms. The number of hydrogen-bond acceptors (Lipinski definition) is 2. The molecule has 4 nitrogen and oxygen atoms in total. The van der Waals surface area contributed by atoms with E-state index >= 15 is 0 Å². The predicted octanol–water partition coefficient (Wildman–Crippen LogP) is 2.56. The van der Waals surface area contributed by atoms with Gasteiger partial charge in [-0.25, -0.2) is 4.98 Å². The Morgan fingerprint density at radius 1 is 0.889 bits per heavy atom. The largest absolute Gasteiger partial charge is 0.339 e. The van der Waals surface area contributed by atoms with E-state index in [9.17, 15) is 4.79 Å². The minimum absolute atomic E-state index is 0.134. The van der Waals surface area contributed by atoms with E-state index < -0.39 is 0 Å². The van der Waals surface area contributed by atoms with E-state index in [1.54, 1.807) is 6.07 Å². The summed E-state index contributed by atoms with van der Waals surface area (Å²) in [5.41, 5.74) is 2.33. The van der Waals surface area contributed by atoms with Crippen LogP contribution in [0.25, 0.3) is 33.0 Å². The van der Waals surface area contributed by atoms with Crippen LogP contribution in [0.1, 0.15) is 0 Å². The zero-order chi connectivity index (χ0) is 12.1. The van der Waals surface area contributed by atoms with Gasteiger partial charge in [0.05, 0.1) is 0 Å². The molecule has 0 unspecified atom stereocenters. The molecule has 86 valence electrons. The topological polar surface area (TPSA) is 61.5 Å². The molecule has 0 aliphatic heterocycles. The van der Waals surface area contributed by atoms with Crippen molar-refractivity contribution in [1.29, 1.82) is 0 Å². The van der Waals surface area contributed by atoms with Crippen LogP contribution in [0.4, 0.5) is 0 Å². The van der Waals surface area contributed by atoms with Crippen LogP contribution >= 0.6 is 0 Å². The summed E-state index contributed by atoms with van der Waals surface area (Å²) in [5, 5.41) is 3.16. The van der Waals surface area contributed by atoms with Gasteiger partial charge in [-0.1, -0.05) is 18.2 Å². The highest BCUT2D eigenvalue weighted by Gasteiger charge is 2.06. The summed E-state index contributed by atoms with van der Waals surface area (Å²) in [6, 6.07) is 13.4. The number of hydrogen-bond donors (Lipinski definition) is 2. The van der Waals surface area contributed by atoms with E-state index in [1.165, 1.54) is 6.07 Å². The Balaban J connectivity index is 2.27. The Kier molecular flexibility index (Phi) is 1.67. The highest BCUT2D eigenvalue weighted by molar-refractivity contribution is 6.08. The summed E-state index contributed by atoms with van der Waals surface area (Å²) >= 11 is 0. The molecule has 0 saturated carbocycles. The molecule has 0 bridgehead atoms. The third-order valence-electron chi connectivity index (χ3n) is 3.18. The van der Waals surface area contributed by atoms with Crippen molar-refractivity contribution < 1.29 is 0 Å². The average molecular weight is 235 g/mol. The second-order valence-electron chi connectivity index (χ2n) is 4.32. The van der Waals surface area contributed by atoms with Crippen molar-refractivity contribution in [2.45, 2.75) is 0 Å². The Hall–Kier alpha value is -2.62. The van der Waals surface area contributed by atoms with Crippen LogP contribution in [0.3, 0.4) is 0 Å². The minimum atomic E-state index is -0.134. The molecule has 0 fully saturated rings. The van der Waals surface area contributed by atoms with Crippen molar-refractivity contribution in [3.05, 3.63) is 52.8 Å². The van der Waals surface area contributed by atoms with Crippen LogP contribution in [-0.2, 0) is 0 Å². The number of para-hydroxylation sites is 1. The van der Waals surface area contributed by atoms with E-state index in [4.69, 9.17) is 0 Å². The van der Waals surface area contributed by atoms with Crippen LogP contribution < -0.4 is 5.56 Å². The van der Waals surface area contributed by atoms with Crippen LogP contribution in [0.15, 0.2) is 47.3 Å². The van der Waals surface area contributed by atoms with E-state index in [1.807, 2.05) is 24.3 Å². The van der Waals surface area contributed by atoms with Crippen molar-refractivity contribution in [3.8, 4) is 0 Å². The Bertz CT molecular complexity index is 949. The fourth-order valence-electron chi connectivity index (χ4n) is 2.33. The zero-order valence-electron chi connectivity index (χ0n) is 9.40. The average Bonchev–Trinajstić information content (AvgIpc) is 2.73. The van der Waals surface area contributed by atoms with Gasteiger partial charge < -0.3 is 9.97 Å². The molecule has 1 aromatic carbocycles. The van der Waals surface area contributed by atoms with Gasteiger partial charge in [0.15, 0.2) is 0 Å². The Labute approximate surface area is 101 Å². The number of aromatic nitrogens is 3. The Morgan fingerprint density at radius 3 is 2.72 bits per heavy atom. The standard InChI is InChI=1S/C14H9N3O/c18-12-6-5-8-7-10-9-3-1-2-4-11(9)15-14(10)17-13(8)16-12/h1-7H,(H2,15,16,17,18). The predicted molar refractivity (Wildman–Crippen MR) is 71.7 cm³/mol. The van der Waals surface area contributed by atoms with Crippen molar-refractivity contribution in [2.75, 3.05) is 0 Å². The van der Waals surface area contributed by atoms with Crippen molar-refractivity contribution in [3.63, 3.8) is 0 Å². The van der Waals surface area contributed by atoms with Crippen molar-refractivity contribution in [2.24, 2.45) is 0 Å². The van der Waals surface area contributed by atoms with Gasteiger partial charge in [-0.2, -0.15) is 0 Å². The first kappa shape index (κ1) is 9.41. The summed E-state index contributed by atoms with van der Waals surface area (Å²) < 4.78 is 0. The van der Waals surface area contributed by atoms with E-state index in [-0.39, 0.29) is 5.56 Å². The lowest BCUT2D eigenvalue weighted by Gasteiger charge is -1.96. The maximum atomic E-state index is 11.3. The fraction of sp³-hybridized carbons (Fsp3) is 0.